The van der Waals surface area contributed by atoms with E-state index in [1.807, 2.05) is 0 Å². The van der Waals surface area contributed by atoms with Crippen molar-refractivity contribution in [2.75, 3.05) is 0 Å². The van der Waals surface area contributed by atoms with E-state index in [0.29, 0.717) is 0 Å². The molecule has 0 spiro atoms. The van der Waals surface area contributed by atoms with Crippen molar-refractivity contribution in [2.24, 2.45) is 23.7 Å². The van der Waals surface area contributed by atoms with Crippen molar-refractivity contribution < 1.29 is 0 Å². The highest BCUT2D eigenvalue weighted by Gasteiger charge is 2.29. The molecule has 0 aliphatic heterocycles. The van der Waals surface area contributed by atoms with E-state index in [2.05, 4.69) is 38.2 Å². The molecule has 0 N–H and O–H groups in total. The van der Waals surface area contributed by atoms with Crippen molar-refractivity contribution in [1.82, 2.24) is 0 Å². The Morgan fingerprint density at radius 3 is 1.52 bits per heavy atom. The molecular weight excluding hydrogens is 276 g/mol. The summed E-state index contributed by atoms with van der Waals surface area (Å²) in [6.07, 6.45) is 28.4. The van der Waals surface area contributed by atoms with Gasteiger partial charge in [0, 0.05) is 0 Å². The molecular formula is C23H40. The van der Waals surface area contributed by atoms with Crippen molar-refractivity contribution in [2.45, 2.75) is 97.3 Å². The second-order valence-electron chi connectivity index (χ2n) is 8.14. The summed E-state index contributed by atoms with van der Waals surface area (Å²) in [6.45, 7) is 4.56. The van der Waals surface area contributed by atoms with Gasteiger partial charge in [-0.3, -0.25) is 0 Å². The van der Waals surface area contributed by atoms with Crippen LogP contribution in [0, 0.1) is 23.7 Å². The average molecular weight is 317 g/mol. The molecule has 0 aromatic heterocycles. The van der Waals surface area contributed by atoms with Crippen LogP contribution in [0.2, 0.25) is 0 Å². The van der Waals surface area contributed by atoms with Crippen LogP contribution in [-0.4, -0.2) is 0 Å². The minimum absolute atomic E-state index is 0.899. The van der Waals surface area contributed by atoms with Gasteiger partial charge in [-0.25, -0.2) is 0 Å². The molecule has 2 fully saturated rings. The minimum atomic E-state index is 0.899. The molecule has 2 saturated carbocycles. The van der Waals surface area contributed by atoms with E-state index >= 15 is 0 Å². The Morgan fingerprint density at radius 1 is 0.609 bits per heavy atom. The average Bonchev–Trinajstić information content (AvgIpc) is 2.60. The topological polar surface area (TPSA) is 0 Å². The Balaban J connectivity index is 1.63. The van der Waals surface area contributed by atoms with Gasteiger partial charge in [0.25, 0.3) is 0 Å². The van der Waals surface area contributed by atoms with Gasteiger partial charge >= 0.3 is 0 Å². The summed E-state index contributed by atoms with van der Waals surface area (Å²) in [5.41, 5.74) is 0. The lowest BCUT2D eigenvalue weighted by molar-refractivity contribution is 0.166. The summed E-state index contributed by atoms with van der Waals surface area (Å²) in [5, 5.41) is 0. The number of hydrogen-bond acceptors (Lipinski definition) is 0. The third-order valence-electron chi connectivity index (χ3n) is 6.30. The lowest BCUT2D eigenvalue weighted by Gasteiger charge is -2.37. The van der Waals surface area contributed by atoms with Crippen LogP contribution < -0.4 is 0 Å². The van der Waals surface area contributed by atoms with Crippen LogP contribution in [0.3, 0.4) is 0 Å². The van der Waals surface area contributed by atoms with Gasteiger partial charge in [-0.2, -0.15) is 0 Å². The first-order chi connectivity index (χ1) is 11.3. The molecule has 23 heavy (non-hydrogen) atoms. The van der Waals surface area contributed by atoms with E-state index in [0.717, 1.165) is 23.7 Å². The molecule has 0 heterocycles. The normalized spacial score (nSPS) is 32.8. The molecule has 0 amide bonds. The summed E-state index contributed by atoms with van der Waals surface area (Å²) in [7, 11) is 0. The molecule has 2 aliphatic rings. The molecule has 0 atom stereocenters. The monoisotopic (exact) mass is 316 g/mol. The van der Waals surface area contributed by atoms with E-state index in [4.69, 9.17) is 0 Å². The molecule has 0 saturated heterocycles. The quantitative estimate of drug-likeness (QED) is 0.318. The van der Waals surface area contributed by atoms with Crippen molar-refractivity contribution in [3.05, 3.63) is 24.3 Å². The fraction of sp³-hybridized carbons (Fsp3) is 0.826. The van der Waals surface area contributed by atoms with Gasteiger partial charge in [0.05, 0.1) is 0 Å². The van der Waals surface area contributed by atoms with Gasteiger partial charge < -0.3 is 0 Å². The largest absolute Gasteiger partial charge is 0.0883 e. The Bertz CT molecular complexity index is 335. The Morgan fingerprint density at radius 2 is 1.09 bits per heavy atom. The van der Waals surface area contributed by atoms with E-state index < -0.39 is 0 Å². The summed E-state index contributed by atoms with van der Waals surface area (Å²) in [6, 6.07) is 0. The fourth-order valence-corrected chi connectivity index (χ4v) is 4.68. The number of hydrogen-bond donors (Lipinski definition) is 0. The lowest BCUT2D eigenvalue weighted by Crippen LogP contribution is -2.25. The first-order valence-electron chi connectivity index (χ1n) is 10.7. The van der Waals surface area contributed by atoms with Crippen LogP contribution in [-0.2, 0) is 0 Å². The summed E-state index contributed by atoms with van der Waals surface area (Å²) >= 11 is 0. The van der Waals surface area contributed by atoms with Gasteiger partial charge in [-0.1, -0.05) is 57.4 Å². The highest BCUT2D eigenvalue weighted by molar-refractivity contribution is 4.94. The van der Waals surface area contributed by atoms with Gasteiger partial charge in [0.1, 0.15) is 0 Å². The minimum Gasteiger partial charge on any atom is -0.0883 e. The third-order valence-corrected chi connectivity index (χ3v) is 6.30. The third kappa shape index (κ3) is 6.86. The van der Waals surface area contributed by atoms with Crippen LogP contribution in [0.5, 0.6) is 0 Å². The number of allylic oxidation sites excluding steroid dienone is 4. The van der Waals surface area contributed by atoms with Crippen LogP contribution in [0.25, 0.3) is 0 Å². The molecule has 0 aromatic carbocycles. The second-order valence-corrected chi connectivity index (χ2v) is 8.14. The summed E-state index contributed by atoms with van der Waals surface area (Å²) in [5.74, 6) is 3.90. The van der Waals surface area contributed by atoms with E-state index in [-0.39, 0.29) is 0 Å². The number of rotatable bonds is 8. The first kappa shape index (κ1) is 18.8. The van der Waals surface area contributed by atoms with Gasteiger partial charge in [0.15, 0.2) is 0 Å². The highest BCUT2D eigenvalue weighted by atomic mass is 14.3. The SMILES string of the molecule is CCC/C=C/C1CCC(C2CCC(/C=C/CCCC)CC2)CC1. The number of unbranched alkanes of at least 4 members (excludes halogenated alkanes) is 3. The molecule has 2 rings (SSSR count). The summed E-state index contributed by atoms with van der Waals surface area (Å²) in [4.78, 5) is 0. The van der Waals surface area contributed by atoms with Crippen molar-refractivity contribution in [3.8, 4) is 0 Å². The standard InChI is InChI=1S/C23H40/c1-3-5-7-9-11-21-14-18-23(19-15-21)22-16-12-20(13-17-22)10-8-6-4-2/h8-11,20-23H,3-7,12-19H2,1-2H3/b10-8+,11-9+. The molecule has 2 aliphatic carbocycles. The maximum absolute atomic E-state index is 2.54. The molecule has 132 valence electrons. The summed E-state index contributed by atoms with van der Waals surface area (Å²) < 4.78 is 0. The second kappa shape index (κ2) is 11.1. The van der Waals surface area contributed by atoms with E-state index in [9.17, 15) is 0 Å². The maximum atomic E-state index is 2.54. The van der Waals surface area contributed by atoms with Crippen LogP contribution in [0.1, 0.15) is 97.3 Å². The predicted octanol–water partition coefficient (Wildman–Crippen LogP) is 7.70. The molecule has 0 bridgehead atoms. The van der Waals surface area contributed by atoms with Crippen molar-refractivity contribution in [3.63, 3.8) is 0 Å². The molecule has 0 nitrogen and oxygen atoms in total. The highest BCUT2D eigenvalue weighted by Crippen LogP contribution is 2.41. The van der Waals surface area contributed by atoms with Crippen LogP contribution in [0.15, 0.2) is 24.3 Å². The Labute approximate surface area is 145 Å². The maximum Gasteiger partial charge on any atom is -0.0233 e. The molecule has 0 radical (unpaired) electrons. The smallest absolute Gasteiger partial charge is 0.0233 e. The predicted molar refractivity (Wildman–Crippen MR) is 104 cm³/mol. The van der Waals surface area contributed by atoms with Crippen LogP contribution in [0.4, 0.5) is 0 Å². The first-order valence-corrected chi connectivity index (χ1v) is 10.7. The van der Waals surface area contributed by atoms with E-state index in [1.165, 1.54) is 83.5 Å². The fourth-order valence-electron chi connectivity index (χ4n) is 4.68. The lowest BCUT2D eigenvalue weighted by atomic mass is 9.69. The Kier molecular flexibility index (Phi) is 9.09. The molecule has 0 heteroatoms. The Hall–Kier alpha value is -0.520. The van der Waals surface area contributed by atoms with Gasteiger partial charge in [-0.15, -0.1) is 0 Å². The van der Waals surface area contributed by atoms with Crippen molar-refractivity contribution >= 4 is 0 Å². The molecule has 0 unspecified atom stereocenters. The zero-order valence-corrected chi connectivity index (χ0v) is 15.8. The van der Waals surface area contributed by atoms with Gasteiger partial charge in [0.2, 0.25) is 0 Å². The van der Waals surface area contributed by atoms with Crippen LogP contribution >= 0.6 is 0 Å². The molecule has 0 aromatic rings. The van der Waals surface area contributed by atoms with Gasteiger partial charge in [-0.05, 0) is 87.9 Å². The zero-order valence-electron chi connectivity index (χ0n) is 15.8. The van der Waals surface area contributed by atoms with E-state index in [1.54, 1.807) is 0 Å². The van der Waals surface area contributed by atoms with Crippen molar-refractivity contribution in [1.29, 1.82) is 0 Å². The zero-order chi connectivity index (χ0) is 16.3.